The molecular weight excluding hydrogens is 242 g/mol. The molecule has 0 aliphatic carbocycles. The third-order valence-corrected chi connectivity index (χ3v) is 4.68. The van der Waals surface area contributed by atoms with Crippen molar-refractivity contribution in [3.8, 4) is 0 Å². The lowest BCUT2D eigenvalue weighted by molar-refractivity contribution is -0.143. The highest BCUT2D eigenvalue weighted by molar-refractivity contribution is 5.87. The van der Waals surface area contributed by atoms with E-state index in [1.54, 1.807) is 11.9 Å². The minimum atomic E-state index is -0.652. The molecule has 2 amide bonds. The Morgan fingerprint density at radius 3 is 2.21 bits per heavy atom. The van der Waals surface area contributed by atoms with E-state index in [4.69, 9.17) is 5.73 Å². The third-order valence-electron chi connectivity index (χ3n) is 4.68. The second-order valence-corrected chi connectivity index (χ2v) is 6.96. The molecule has 1 aliphatic heterocycles. The van der Waals surface area contributed by atoms with Gasteiger partial charge in [0.2, 0.25) is 11.8 Å². The number of carbonyl (C=O) groups is 2. The Bertz CT molecular complexity index is 385. The SMILES string of the molecule is CNC(=O)C1(C)CCN(C(=O)C(C)(C)C(C)(C)N)C1. The molecule has 5 nitrogen and oxygen atoms in total. The number of rotatable bonds is 3. The van der Waals surface area contributed by atoms with Crippen molar-refractivity contribution in [2.45, 2.75) is 46.6 Å². The van der Waals surface area contributed by atoms with E-state index in [1.165, 1.54) is 0 Å². The first-order chi connectivity index (χ1) is 8.45. The summed E-state index contributed by atoms with van der Waals surface area (Å²) in [4.78, 5) is 26.3. The lowest BCUT2D eigenvalue weighted by atomic mass is 9.74. The van der Waals surface area contributed by atoms with Gasteiger partial charge in [-0.25, -0.2) is 0 Å². The Balaban J connectivity index is 2.86. The van der Waals surface area contributed by atoms with Crippen molar-refractivity contribution in [2.24, 2.45) is 16.6 Å². The fourth-order valence-corrected chi connectivity index (χ4v) is 2.29. The molecule has 1 fully saturated rings. The fraction of sp³-hybridized carbons (Fsp3) is 0.857. The van der Waals surface area contributed by atoms with E-state index in [1.807, 2.05) is 34.6 Å². The van der Waals surface area contributed by atoms with Crippen LogP contribution in [0.15, 0.2) is 0 Å². The number of hydrogen-bond donors (Lipinski definition) is 2. The van der Waals surface area contributed by atoms with Crippen LogP contribution in [0.25, 0.3) is 0 Å². The van der Waals surface area contributed by atoms with E-state index in [9.17, 15) is 9.59 Å². The number of nitrogens with zero attached hydrogens (tertiary/aromatic N) is 1. The molecule has 0 aromatic carbocycles. The zero-order chi connectivity index (χ0) is 15.1. The summed E-state index contributed by atoms with van der Waals surface area (Å²) >= 11 is 0. The van der Waals surface area contributed by atoms with Gasteiger partial charge in [0.25, 0.3) is 0 Å². The van der Waals surface area contributed by atoms with Crippen molar-refractivity contribution in [1.29, 1.82) is 0 Å². The lowest BCUT2D eigenvalue weighted by Crippen LogP contribution is -2.56. The molecule has 1 unspecified atom stereocenters. The van der Waals surface area contributed by atoms with Gasteiger partial charge in [-0.1, -0.05) is 0 Å². The Labute approximate surface area is 115 Å². The van der Waals surface area contributed by atoms with E-state index < -0.39 is 16.4 Å². The molecule has 1 rings (SSSR count). The van der Waals surface area contributed by atoms with E-state index >= 15 is 0 Å². The van der Waals surface area contributed by atoms with Crippen LogP contribution in [0.2, 0.25) is 0 Å². The quantitative estimate of drug-likeness (QED) is 0.793. The van der Waals surface area contributed by atoms with Gasteiger partial charge in [-0.05, 0) is 41.0 Å². The van der Waals surface area contributed by atoms with Gasteiger partial charge in [0, 0.05) is 25.7 Å². The molecule has 1 atom stereocenters. The zero-order valence-corrected chi connectivity index (χ0v) is 13.0. The summed E-state index contributed by atoms with van der Waals surface area (Å²) in [7, 11) is 1.63. The van der Waals surface area contributed by atoms with Gasteiger partial charge in [-0.15, -0.1) is 0 Å². The van der Waals surface area contributed by atoms with E-state index in [-0.39, 0.29) is 11.8 Å². The van der Waals surface area contributed by atoms with Gasteiger partial charge in [0.15, 0.2) is 0 Å². The minimum Gasteiger partial charge on any atom is -0.359 e. The van der Waals surface area contributed by atoms with E-state index in [0.29, 0.717) is 19.5 Å². The molecule has 0 aromatic heterocycles. The summed E-state index contributed by atoms with van der Waals surface area (Å²) in [5.74, 6) is 0.0141. The maximum absolute atomic E-state index is 12.6. The predicted molar refractivity (Wildman–Crippen MR) is 75.4 cm³/mol. The molecule has 110 valence electrons. The number of hydrogen-bond acceptors (Lipinski definition) is 3. The molecule has 19 heavy (non-hydrogen) atoms. The molecule has 0 saturated carbocycles. The van der Waals surface area contributed by atoms with Crippen LogP contribution in [0.1, 0.15) is 41.0 Å². The first kappa shape index (κ1) is 16.0. The van der Waals surface area contributed by atoms with Crippen LogP contribution in [-0.2, 0) is 9.59 Å². The van der Waals surface area contributed by atoms with Crippen molar-refractivity contribution in [3.05, 3.63) is 0 Å². The summed E-state index contributed by atoms with van der Waals surface area (Å²) in [5, 5.41) is 2.67. The van der Waals surface area contributed by atoms with Crippen LogP contribution in [0.3, 0.4) is 0 Å². The molecule has 0 aromatic rings. The van der Waals surface area contributed by atoms with Crippen LogP contribution < -0.4 is 11.1 Å². The molecular formula is C14H27N3O2. The highest BCUT2D eigenvalue weighted by Gasteiger charge is 2.48. The first-order valence-corrected chi connectivity index (χ1v) is 6.76. The maximum atomic E-state index is 12.6. The van der Waals surface area contributed by atoms with Gasteiger partial charge in [0.05, 0.1) is 10.8 Å². The number of likely N-dealkylation sites (tertiary alicyclic amines) is 1. The predicted octanol–water partition coefficient (Wildman–Crippen LogP) is 0.735. The second-order valence-electron chi connectivity index (χ2n) is 6.96. The van der Waals surface area contributed by atoms with Crippen molar-refractivity contribution in [2.75, 3.05) is 20.1 Å². The second kappa shape index (κ2) is 4.78. The summed E-state index contributed by atoms with van der Waals surface area (Å²) < 4.78 is 0. The van der Waals surface area contributed by atoms with Crippen molar-refractivity contribution >= 4 is 11.8 Å². The van der Waals surface area contributed by atoms with E-state index in [0.717, 1.165) is 0 Å². The molecule has 1 saturated heterocycles. The fourth-order valence-electron chi connectivity index (χ4n) is 2.29. The van der Waals surface area contributed by atoms with Crippen molar-refractivity contribution in [1.82, 2.24) is 10.2 Å². The first-order valence-electron chi connectivity index (χ1n) is 6.76. The van der Waals surface area contributed by atoms with Crippen LogP contribution in [-0.4, -0.2) is 42.4 Å². The molecule has 0 spiro atoms. The normalized spacial score (nSPS) is 24.5. The number of carbonyl (C=O) groups excluding carboxylic acids is 2. The van der Waals surface area contributed by atoms with E-state index in [2.05, 4.69) is 5.32 Å². The Morgan fingerprint density at radius 2 is 1.79 bits per heavy atom. The van der Waals surface area contributed by atoms with Gasteiger partial charge < -0.3 is 16.0 Å². The highest BCUT2D eigenvalue weighted by Crippen LogP contribution is 2.36. The third kappa shape index (κ3) is 2.76. The smallest absolute Gasteiger partial charge is 0.230 e. The van der Waals surface area contributed by atoms with Crippen molar-refractivity contribution < 1.29 is 9.59 Å². The highest BCUT2D eigenvalue weighted by atomic mass is 16.2. The monoisotopic (exact) mass is 269 g/mol. The maximum Gasteiger partial charge on any atom is 0.230 e. The topological polar surface area (TPSA) is 75.4 Å². The Kier molecular flexibility index (Phi) is 4.01. The summed E-state index contributed by atoms with van der Waals surface area (Å²) in [5.41, 5.74) is 4.37. The molecule has 1 aliphatic rings. The number of nitrogens with two attached hydrogens (primary N) is 1. The van der Waals surface area contributed by atoms with Crippen LogP contribution in [0, 0.1) is 10.8 Å². The average molecular weight is 269 g/mol. The lowest BCUT2D eigenvalue weighted by Gasteiger charge is -2.40. The van der Waals surface area contributed by atoms with Gasteiger partial charge in [-0.2, -0.15) is 0 Å². The number of amides is 2. The Morgan fingerprint density at radius 1 is 1.26 bits per heavy atom. The molecule has 3 N–H and O–H groups in total. The van der Waals surface area contributed by atoms with Gasteiger partial charge >= 0.3 is 0 Å². The average Bonchev–Trinajstić information content (AvgIpc) is 2.69. The molecule has 1 heterocycles. The number of nitrogens with one attached hydrogen (secondary N) is 1. The zero-order valence-electron chi connectivity index (χ0n) is 13.0. The standard InChI is InChI=1S/C14H27N3O2/c1-12(2,13(3,4)15)11(19)17-8-7-14(5,9-17)10(18)16-6/h7-9,15H2,1-6H3,(H,16,18). The minimum absolute atomic E-state index is 0.00684. The summed E-state index contributed by atoms with van der Waals surface area (Å²) in [6, 6.07) is 0. The van der Waals surface area contributed by atoms with Gasteiger partial charge in [0.1, 0.15) is 0 Å². The summed E-state index contributed by atoms with van der Waals surface area (Å²) in [6.45, 7) is 10.4. The molecule has 5 heteroatoms. The summed E-state index contributed by atoms with van der Waals surface area (Å²) in [6.07, 6.45) is 0.694. The van der Waals surface area contributed by atoms with Gasteiger partial charge in [-0.3, -0.25) is 9.59 Å². The van der Waals surface area contributed by atoms with Crippen molar-refractivity contribution in [3.63, 3.8) is 0 Å². The van der Waals surface area contributed by atoms with Crippen LogP contribution in [0.4, 0.5) is 0 Å². The largest absolute Gasteiger partial charge is 0.359 e. The van der Waals surface area contributed by atoms with Crippen LogP contribution in [0.5, 0.6) is 0 Å². The molecule has 0 bridgehead atoms. The van der Waals surface area contributed by atoms with Crippen LogP contribution >= 0.6 is 0 Å². The Hall–Kier alpha value is -1.10. The molecule has 0 radical (unpaired) electrons.